The molecule has 2 aromatic carbocycles. The van der Waals surface area contributed by atoms with Gasteiger partial charge in [0.1, 0.15) is 11.6 Å². The molecule has 1 amide bonds. The lowest BCUT2D eigenvalue weighted by molar-refractivity contribution is 0.0978. The van der Waals surface area contributed by atoms with Crippen molar-refractivity contribution in [3.8, 4) is 5.75 Å². The van der Waals surface area contributed by atoms with Gasteiger partial charge in [-0.2, -0.15) is 0 Å². The number of rotatable bonds is 8. The van der Waals surface area contributed by atoms with Crippen LogP contribution >= 0.6 is 0 Å². The minimum Gasteiger partial charge on any atom is -0.495 e. The van der Waals surface area contributed by atoms with Crippen molar-refractivity contribution < 1.29 is 14.3 Å². The fourth-order valence-corrected chi connectivity index (χ4v) is 4.18. The van der Waals surface area contributed by atoms with Crippen LogP contribution in [0.5, 0.6) is 5.75 Å². The first-order valence-electron chi connectivity index (χ1n) is 11.5. The van der Waals surface area contributed by atoms with Gasteiger partial charge in [0.05, 0.1) is 12.8 Å². The summed E-state index contributed by atoms with van der Waals surface area (Å²) in [5.41, 5.74) is 2.24. The van der Waals surface area contributed by atoms with E-state index in [2.05, 4.69) is 20.9 Å². The second kappa shape index (κ2) is 10.9. The second-order valence-corrected chi connectivity index (χ2v) is 8.28. The molecule has 1 aromatic heterocycles. The minimum atomic E-state index is -0.124. The van der Waals surface area contributed by atoms with Gasteiger partial charge >= 0.3 is 0 Å². The average Bonchev–Trinajstić information content (AvgIpc) is 2.89. The molecule has 1 aliphatic rings. The van der Waals surface area contributed by atoms with Crippen molar-refractivity contribution >= 4 is 23.2 Å². The maximum absolute atomic E-state index is 13.4. The van der Waals surface area contributed by atoms with Crippen LogP contribution in [-0.2, 0) is 0 Å². The Morgan fingerprint density at radius 2 is 1.59 bits per heavy atom. The van der Waals surface area contributed by atoms with Crippen molar-refractivity contribution in [1.29, 1.82) is 0 Å². The zero-order valence-electron chi connectivity index (χ0n) is 19.7. The molecule has 7 heteroatoms. The summed E-state index contributed by atoms with van der Waals surface area (Å²) in [5, 5.41) is 0. The minimum absolute atomic E-state index is 0.0205. The Hall–Kier alpha value is -3.71. The number of hydrogen-bond acceptors (Lipinski definition) is 6. The molecule has 0 atom stereocenters. The number of para-hydroxylation sites is 2. The van der Waals surface area contributed by atoms with Crippen LogP contribution < -0.4 is 14.5 Å². The third-order valence-corrected chi connectivity index (χ3v) is 6.15. The topological polar surface area (TPSA) is 66.0 Å². The van der Waals surface area contributed by atoms with E-state index < -0.39 is 0 Å². The van der Waals surface area contributed by atoms with Crippen molar-refractivity contribution in [2.45, 2.75) is 6.92 Å². The zero-order valence-corrected chi connectivity index (χ0v) is 19.7. The molecule has 1 aliphatic heterocycles. The molecule has 34 heavy (non-hydrogen) atoms. The maximum Gasteiger partial charge on any atom is 0.259 e. The summed E-state index contributed by atoms with van der Waals surface area (Å²) in [6, 6.07) is 20.5. The summed E-state index contributed by atoms with van der Waals surface area (Å²) in [7, 11) is 1.70. The Balaban J connectivity index is 1.42. The highest BCUT2D eigenvalue weighted by Crippen LogP contribution is 2.28. The lowest BCUT2D eigenvalue weighted by Crippen LogP contribution is -2.49. The number of piperazine rings is 1. The second-order valence-electron chi connectivity index (χ2n) is 8.28. The third-order valence-electron chi connectivity index (χ3n) is 6.15. The van der Waals surface area contributed by atoms with Crippen molar-refractivity contribution in [2.24, 2.45) is 0 Å². The Kier molecular flexibility index (Phi) is 7.54. The number of ether oxygens (including phenoxy) is 1. The van der Waals surface area contributed by atoms with Gasteiger partial charge in [-0.25, -0.2) is 4.98 Å². The smallest absolute Gasteiger partial charge is 0.259 e. The van der Waals surface area contributed by atoms with Gasteiger partial charge in [-0.3, -0.25) is 19.4 Å². The highest BCUT2D eigenvalue weighted by Gasteiger charge is 2.23. The molecule has 3 aromatic rings. The van der Waals surface area contributed by atoms with Crippen molar-refractivity contribution in [3.63, 3.8) is 0 Å². The van der Waals surface area contributed by atoms with Crippen molar-refractivity contribution in [2.75, 3.05) is 56.2 Å². The molecule has 4 rings (SSSR count). The number of methoxy groups -OCH3 is 1. The number of Topliss-reactive ketones (excluding diaryl/α,β-unsaturated/α-hetero) is 1. The van der Waals surface area contributed by atoms with Crippen LogP contribution in [0, 0.1) is 0 Å². The lowest BCUT2D eigenvalue weighted by atomic mass is 10.1. The molecule has 0 radical (unpaired) electrons. The molecule has 1 fully saturated rings. The Morgan fingerprint density at radius 1 is 0.912 bits per heavy atom. The first kappa shape index (κ1) is 23.4. The standard InChI is InChI=1S/C27H30N4O3/c1-21(32)22-10-12-23(13-11-22)27(33)31(26-9-5-6-14-28-26)20-17-29-15-18-30(19-16-29)24-7-3-4-8-25(24)34-2/h3-14H,15-20H2,1-2H3. The Morgan fingerprint density at radius 3 is 2.24 bits per heavy atom. The van der Waals surface area contributed by atoms with E-state index in [1.807, 2.05) is 36.4 Å². The summed E-state index contributed by atoms with van der Waals surface area (Å²) in [4.78, 5) is 35.8. The fraction of sp³-hybridized carbons (Fsp3) is 0.296. The van der Waals surface area contributed by atoms with Crippen LogP contribution in [0.2, 0.25) is 0 Å². The molecular weight excluding hydrogens is 428 g/mol. The van der Waals surface area contributed by atoms with Crippen molar-refractivity contribution in [3.05, 3.63) is 84.1 Å². The van der Waals surface area contributed by atoms with Gasteiger partial charge in [0, 0.05) is 56.6 Å². The zero-order chi connectivity index (χ0) is 23.9. The number of benzene rings is 2. The highest BCUT2D eigenvalue weighted by molar-refractivity contribution is 6.06. The number of pyridine rings is 1. The van der Waals surface area contributed by atoms with Gasteiger partial charge in [-0.1, -0.05) is 30.3 Å². The van der Waals surface area contributed by atoms with Crippen LogP contribution in [0.1, 0.15) is 27.6 Å². The first-order valence-corrected chi connectivity index (χ1v) is 11.5. The van der Waals surface area contributed by atoms with E-state index in [-0.39, 0.29) is 11.7 Å². The summed E-state index contributed by atoms with van der Waals surface area (Å²) in [5.74, 6) is 1.36. The normalized spacial score (nSPS) is 14.0. The molecule has 176 valence electrons. The molecule has 2 heterocycles. The van der Waals surface area contributed by atoms with Crippen LogP contribution in [0.25, 0.3) is 0 Å². The van der Waals surface area contributed by atoms with Crippen LogP contribution in [0.4, 0.5) is 11.5 Å². The third kappa shape index (κ3) is 5.43. The Bertz CT molecular complexity index is 1110. The number of amides is 1. The quantitative estimate of drug-likeness (QED) is 0.479. The van der Waals surface area contributed by atoms with Crippen LogP contribution in [0.3, 0.4) is 0 Å². The maximum atomic E-state index is 13.4. The number of carbonyl (C=O) groups is 2. The SMILES string of the molecule is COc1ccccc1N1CCN(CCN(C(=O)c2ccc(C(C)=O)cc2)c2ccccn2)CC1. The monoisotopic (exact) mass is 458 g/mol. The number of anilines is 2. The van der Waals surface area contributed by atoms with E-state index in [1.54, 1.807) is 42.5 Å². The van der Waals surface area contributed by atoms with Crippen LogP contribution in [-0.4, -0.2) is 68.0 Å². The predicted octanol–water partition coefficient (Wildman–Crippen LogP) is 3.76. The highest BCUT2D eigenvalue weighted by atomic mass is 16.5. The largest absolute Gasteiger partial charge is 0.495 e. The van der Waals surface area contributed by atoms with Gasteiger partial charge in [0.2, 0.25) is 0 Å². The number of ketones is 1. The molecule has 0 N–H and O–H groups in total. The lowest BCUT2D eigenvalue weighted by Gasteiger charge is -2.37. The fourth-order valence-electron chi connectivity index (χ4n) is 4.18. The number of carbonyl (C=O) groups excluding carboxylic acids is 2. The van der Waals surface area contributed by atoms with E-state index in [0.29, 0.717) is 23.5 Å². The van der Waals surface area contributed by atoms with Crippen LogP contribution in [0.15, 0.2) is 72.9 Å². The summed E-state index contributed by atoms with van der Waals surface area (Å²) >= 11 is 0. The van der Waals surface area contributed by atoms with Gasteiger partial charge in [0.25, 0.3) is 5.91 Å². The molecule has 7 nitrogen and oxygen atoms in total. The summed E-state index contributed by atoms with van der Waals surface area (Å²) < 4.78 is 5.52. The van der Waals surface area contributed by atoms with Crippen molar-refractivity contribution in [1.82, 2.24) is 9.88 Å². The molecule has 1 saturated heterocycles. The van der Waals surface area contributed by atoms with Gasteiger partial charge < -0.3 is 9.64 Å². The number of hydrogen-bond donors (Lipinski definition) is 0. The van der Waals surface area contributed by atoms with E-state index in [1.165, 1.54) is 6.92 Å². The Labute approximate surface area is 200 Å². The molecule has 0 bridgehead atoms. The molecular formula is C27H30N4O3. The average molecular weight is 459 g/mol. The van der Waals surface area contributed by atoms with Gasteiger partial charge in [0.15, 0.2) is 5.78 Å². The van der Waals surface area contributed by atoms with Gasteiger partial charge in [-0.15, -0.1) is 0 Å². The van der Waals surface area contributed by atoms with E-state index in [0.717, 1.165) is 44.2 Å². The van der Waals surface area contributed by atoms with Gasteiger partial charge in [-0.05, 0) is 43.3 Å². The van der Waals surface area contributed by atoms with E-state index in [4.69, 9.17) is 4.74 Å². The number of nitrogens with zero attached hydrogens (tertiary/aromatic N) is 4. The number of aromatic nitrogens is 1. The summed E-state index contributed by atoms with van der Waals surface area (Å²) in [6.45, 7) is 6.37. The molecule has 0 saturated carbocycles. The molecule has 0 spiro atoms. The van der Waals surface area contributed by atoms with E-state index in [9.17, 15) is 9.59 Å². The molecule has 0 unspecified atom stereocenters. The first-order chi connectivity index (χ1) is 16.6. The predicted molar refractivity (Wildman–Crippen MR) is 134 cm³/mol. The summed E-state index contributed by atoms with van der Waals surface area (Å²) in [6.07, 6.45) is 1.69. The van der Waals surface area contributed by atoms with E-state index >= 15 is 0 Å². The molecule has 0 aliphatic carbocycles.